The van der Waals surface area contributed by atoms with Crippen LogP contribution in [-0.4, -0.2) is 9.13 Å². The number of hydrogen-bond donors (Lipinski definition) is 0. The van der Waals surface area contributed by atoms with E-state index < -0.39 is 0 Å². The first-order valence-electron chi connectivity index (χ1n) is 15.7. The maximum Gasteiger partial charge on any atom is 0.159 e. The Balaban J connectivity index is 1.27. The number of benzene rings is 6. The third-order valence-corrected chi connectivity index (χ3v) is 9.66. The molecule has 0 fully saturated rings. The monoisotopic (exact) mass is 576 g/mol. The van der Waals surface area contributed by atoms with Gasteiger partial charge in [0, 0.05) is 38.5 Å². The summed E-state index contributed by atoms with van der Waals surface area (Å²) in [6.45, 7) is 0. The Morgan fingerprint density at radius 2 is 1.11 bits per heavy atom. The highest BCUT2D eigenvalue weighted by atomic mass is 16.3. The first kappa shape index (κ1) is 24.6. The van der Waals surface area contributed by atoms with E-state index in [2.05, 4.69) is 149 Å². The van der Waals surface area contributed by atoms with Crippen LogP contribution in [-0.2, 0) is 12.8 Å². The summed E-state index contributed by atoms with van der Waals surface area (Å²) in [7, 11) is 0. The van der Waals surface area contributed by atoms with E-state index in [1.165, 1.54) is 61.1 Å². The van der Waals surface area contributed by atoms with Crippen molar-refractivity contribution in [2.45, 2.75) is 12.8 Å². The van der Waals surface area contributed by atoms with E-state index in [9.17, 15) is 0 Å². The molecule has 3 heterocycles. The van der Waals surface area contributed by atoms with Crippen molar-refractivity contribution in [2.24, 2.45) is 0 Å². The average molecular weight is 577 g/mol. The van der Waals surface area contributed by atoms with Gasteiger partial charge in [-0.1, -0.05) is 109 Å². The van der Waals surface area contributed by atoms with Gasteiger partial charge in [-0.15, -0.1) is 0 Å². The average Bonchev–Trinajstić information content (AvgIpc) is 3.76. The first-order valence-corrected chi connectivity index (χ1v) is 15.7. The van der Waals surface area contributed by atoms with Crippen LogP contribution in [0.4, 0.5) is 0 Å². The van der Waals surface area contributed by atoms with Gasteiger partial charge in [-0.05, 0) is 65.9 Å². The first-order chi connectivity index (χ1) is 22.3. The van der Waals surface area contributed by atoms with Crippen LogP contribution in [0.2, 0.25) is 0 Å². The molecule has 0 saturated carbocycles. The number of fused-ring (bicyclic) bond motifs is 10. The molecular weight excluding hydrogens is 548 g/mol. The van der Waals surface area contributed by atoms with Crippen molar-refractivity contribution in [1.29, 1.82) is 0 Å². The SMILES string of the molecule is c1ccc(-c2ccc(-n3c4c(c5ccccc53)-c3c(c5ccccc5n3-c3cccc5c3oc3ccccc35)CC4)cc2)cc1. The summed E-state index contributed by atoms with van der Waals surface area (Å²) in [6, 6.07) is 52.3. The van der Waals surface area contributed by atoms with Gasteiger partial charge in [-0.3, -0.25) is 0 Å². The van der Waals surface area contributed by atoms with Gasteiger partial charge in [0.05, 0.1) is 22.4 Å². The number of nitrogens with zero attached hydrogens (tertiary/aromatic N) is 2. The number of aromatic nitrogens is 2. The highest BCUT2D eigenvalue weighted by molar-refractivity contribution is 6.10. The van der Waals surface area contributed by atoms with Gasteiger partial charge in [-0.25, -0.2) is 0 Å². The lowest BCUT2D eigenvalue weighted by molar-refractivity contribution is 0.666. The minimum absolute atomic E-state index is 0.918. The van der Waals surface area contributed by atoms with Crippen LogP contribution in [0.25, 0.3) is 77.5 Å². The molecule has 10 rings (SSSR count). The Kier molecular flexibility index (Phi) is 5.11. The van der Waals surface area contributed by atoms with Crippen molar-refractivity contribution in [2.75, 3.05) is 0 Å². The molecule has 0 N–H and O–H groups in total. The van der Waals surface area contributed by atoms with Crippen LogP contribution >= 0.6 is 0 Å². The lowest BCUT2D eigenvalue weighted by Gasteiger charge is -2.20. The minimum Gasteiger partial charge on any atom is -0.454 e. The molecule has 0 bridgehead atoms. The molecule has 3 nitrogen and oxygen atoms in total. The van der Waals surface area contributed by atoms with E-state index in [0.29, 0.717) is 0 Å². The van der Waals surface area contributed by atoms with E-state index in [4.69, 9.17) is 4.42 Å². The van der Waals surface area contributed by atoms with Gasteiger partial charge in [0.1, 0.15) is 5.58 Å². The molecule has 0 saturated heterocycles. The second-order valence-corrected chi connectivity index (χ2v) is 12.0. The van der Waals surface area contributed by atoms with Crippen molar-refractivity contribution in [3.8, 4) is 33.8 Å². The van der Waals surface area contributed by atoms with Crippen molar-refractivity contribution >= 4 is 43.7 Å². The molecule has 0 radical (unpaired) electrons. The predicted molar refractivity (Wildman–Crippen MR) is 186 cm³/mol. The number of aryl methyl sites for hydroxylation is 1. The highest BCUT2D eigenvalue weighted by Gasteiger charge is 2.31. The van der Waals surface area contributed by atoms with Gasteiger partial charge < -0.3 is 13.6 Å². The summed E-state index contributed by atoms with van der Waals surface area (Å²) in [5.41, 5.74) is 14.4. The Labute approximate surface area is 260 Å². The third-order valence-electron chi connectivity index (χ3n) is 9.66. The molecule has 45 heavy (non-hydrogen) atoms. The van der Waals surface area contributed by atoms with E-state index in [1.807, 2.05) is 6.07 Å². The van der Waals surface area contributed by atoms with Crippen LogP contribution < -0.4 is 0 Å². The van der Waals surface area contributed by atoms with Gasteiger partial charge in [0.2, 0.25) is 0 Å². The van der Waals surface area contributed by atoms with Gasteiger partial charge >= 0.3 is 0 Å². The maximum absolute atomic E-state index is 6.62. The minimum atomic E-state index is 0.918. The molecule has 9 aromatic rings. The van der Waals surface area contributed by atoms with Crippen LogP contribution in [0.5, 0.6) is 0 Å². The van der Waals surface area contributed by atoms with Crippen molar-refractivity contribution in [1.82, 2.24) is 9.13 Å². The van der Waals surface area contributed by atoms with Crippen molar-refractivity contribution in [3.05, 3.63) is 157 Å². The molecule has 3 heteroatoms. The van der Waals surface area contributed by atoms with E-state index in [-0.39, 0.29) is 0 Å². The number of furan rings is 1. The standard InChI is InChI=1S/C42H28N2O/c1-2-11-27(12-3-1)28-21-23-29(24-22-28)43-36-18-8-5-15-34(36)40-37(43)26-25-32-30-13-4-7-17-35(30)44(41(32)40)38-19-10-16-33-31-14-6-9-20-39(31)45-42(33)38/h1-24H,25-26H2. The molecule has 0 spiro atoms. The van der Waals surface area contributed by atoms with Gasteiger partial charge in [0.25, 0.3) is 0 Å². The number of rotatable bonds is 3. The normalized spacial score (nSPS) is 12.7. The molecule has 0 atom stereocenters. The summed E-state index contributed by atoms with van der Waals surface area (Å²) >= 11 is 0. The predicted octanol–water partition coefficient (Wildman–Crippen LogP) is 10.9. The summed E-state index contributed by atoms with van der Waals surface area (Å²) in [4.78, 5) is 0. The molecule has 0 aliphatic heterocycles. The summed E-state index contributed by atoms with van der Waals surface area (Å²) in [5.74, 6) is 0. The Morgan fingerprint density at radius 1 is 0.467 bits per heavy atom. The largest absolute Gasteiger partial charge is 0.454 e. The zero-order valence-corrected chi connectivity index (χ0v) is 24.6. The lowest BCUT2D eigenvalue weighted by Crippen LogP contribution is -2.09. The topological polar surface area (TPSA) is 23.0 Å². The molecule has 6 aromatic carbocycles. The van der Waals surface area contributed by atoms with Crippen LogP contribution in [0.15, 0.2) is 150 Å². The Bertz CT molecular complexity index is 2580. The number of hydrogen-bond acceptors (Lipinski definition) is 1. The fourth-order valence-electron chi connectivity index (χ4n) is 7.75. The maximum atomic E-state index is 6.62. The lowest BCUT2D eigenvalue weighted by atomic mass is 9.91. The van der Waals surface area contributed by atoms with Crippen molar-refractivity contribution < 1.29 is 4.42 Å². The zero-order valence-electron chi connectivity index (χ0n) is 24.6. The molecule has 212 valence electrons. The van der Waals surface area contributed by atoms with Crippen molar-refractivity contribution in [3.63, 3.8) is 0 Å². The molecule has 0 unspecified atom stereocenters. The second-order valence-electron chi connectivity index (χ2n) is 12.0. The molecule has 1 aliphatic rings. The summed E-state index contributed by atoms with van der Waals surface area (Å²) < 4.78 is 11.6. The summed E-state index contributed by atoms with van der Waals surface area (Å²) in [5, 5.41) is 4.89. The van der Waals surface area contributed by atoms with E-state index in [1.54, 1.807) is 0 Å². The third kappa shape index (κ3) is 3.46. The van der Waals surface area contributed by atoms with E-state index in [0.717, 1.165) is 40.5 Å². The van der Waals surface area contributed by atoms with E-state index >= 15 is 0 Å². The van der Waals surface area contributed by atoms with Gasteiger partial charge in [0.15, 0.2) is 5.58 Å². The summed E-state index contributed by atoms with van der Waals surface area (Å²) in [6.07, 6.45) is 1.95. The molecule has 0 amide bonds. The van der Waals surface area contributed by atoms with Crippen LogP contribution in [0, 0.1) is 0 Å². The smallest absolute Gasteiger partial charge is 0.159 e. The molecule has 3 aromatic heterocycles. The van der Waals surface area contributed by atoms with Crippen LogP contribution in [0.3, 0.4) is 0 Å². The molecular formula is C42H28N2O. The fraction of sp³-hybridized carbons (Fsp3) is 0.0476. The Morgan fingerprint density at radius 3 is 1.93 bits per heavy atom. The zero-order chi connectivity index (χ0) is 29.5. The second kappa shape index (κ2) is 9.35. The quantitative estimate of drug-likeness (QED) is 0.205. The fourth-order valence-corrected chi connectivity index (χ4v) is 7.75. The molecule has 1 aliphatic carbocycles. The van der Waals surface area contributed by atoms with Crippen LogP contribution in [0.1, 0.15) is 11.3 Å². The Hall–Kier alpha value is -5.80. The van der Waals surface area contributed by atoms with Gasteiger partial charge in [-0.2, -0.15) is 0 Å². The highest BCUT2D eigenvalue weighted by Crippen LogP contribution is 2.48. The number of para-hydroxylation sites is 4.